The minimum absolute atomic E-state index is 0.293. The molecule has 0 unspecified atom stereocenters. The summed E-state index contributed by atoms with van der Waals surface area (Å²) in [5.41, 5.74) is 1.57. The van der Waals surface area contributed by atoms with Gasteiger partial charge in [-0.2, -0.15) is 0 Å². The average Bonchev–Trinajstić information content (AvgIpc) is 2.47. The molecule has 0 N–H and O–H groups in total. The Kier molecular flexibility index (Phi) is 4.56. The highest BCUT2D eigenvalue weighted by molar-refractivity contribution is 5.89. The number of esters is 1. The van der Waals surface area contributed by atoms with E-state index in [1.807, 2.05) is 42.5 Å². The molecule has 0 amide bonds. The second-order valence-electron chi connectivity index (χ2n) is 4.02. The first-order valence-electron chi connectivity index (χ1n) is 6.23. The van der Waals surface area contributed by atoms with Gasteiger partial charge in [0, 0.05) is 0 Å². The highest BCUT2D eigenvalue weighted by Crippen LogP contribution is 2.12. The molecule has 2 aromatic rings. The van der Waals surface area contributed by atoms with E-state index in [9.17, 15) is 4.79 Å². The molecule has 0 heterocycles. The molecule has 0 aliphatic heterocycles. The maximum atomic E-state index is 11.5. The van der Waals surface area contributed by atoms with Crippen LogP contribution in [0.15, 0.2) is 54.6 Å². The largest absolute Gasteiger partial charge is 0.489 e. The second kappa shape index (κ2) is 6.59. The van der Waals surface area contributed by atoms with Gasteiger partial charge in [0.2, 0.25) is 0 Å². The molecule has 19 heavy (non-hydrogen) atoms. The number of para-hydroxylation sites is 1. The summed E-state index contributed by atoms with van der Waals surface area (Å²) in [5.74, 6) is 0.537. The van der Waals surface area contributed by atoms with Crippen molar-refractivity contribution in [2.75, 3.05) is 6.61 Å². The predicted molar refractivity (Wildman–Crippen MR) is 73.2 cm³/mol. The maximum absolute atomic E-state index is 11.5. The molecular weight excluding hydrogens is 240 g/mol. The Morgan fingerprint density at radius 1 is 1.00 bits per heavy atom. The first-order chi connectivity index (χ1) is 9.29. The van der Waals surface area contributed by atoms with Gasteiger partial charge >= 0.3 is 5.97 Å². The molecule has 98 valence electrons. The zero-order chi connectivity index (χ0) is 13.5. The van der Waals surface area contributed by atoms with Crippen molar-refractivity contribution < 1.29 is 14.3 Å². The van der Waals surface area contributed by atoms with Crippen molar-refractivity contribution in [2.45, 2.75) is 13.5 Å². The summed E-state index contributed by atoms with van der Waals surface area (Å²) in [6.07, 6.45) is 0. The number of hydrogen-bond acceptors (Lipinski definition) is 3. The third kappa shape index (κ3) is 3.85. The van der Waals surface area contributed by atoms with E-state index < -0.39 is 0 Å². The summed E-state index contributed by atoms with van der Waals surface area (Å²) in [4.78, 5) is 11.5. The predicted octanol–water partition coefficient (Wildman–Crippen LogP) is 3.44. The Morgan fingerprint density at radius 2 is 1.68 bits per heavy atom. The van der Waals surface area contributed by atoms with Gasteiger partial charge in [-0.3, -0.25) is 0 Å². The van der Waals surface area contributed by atoms with Gasteiger partial charge in [-0.1, -0.05) is 30.3 Å². The smallest absolute Gasteiger partial charge is 0.338 e. The molecule has 0 bridgehead atoms. The van der Waals surface area contributed by atoms with E-state index in [0.717, 1.165) is 11.3 Å². The molecule has 0 fully saturated rings. The fraction of sp³-hybridized carbons (Fsp3) is 0.188. The van der Waals surface area contributed by atoms with Crippen LogP contribution in [0.25, 0.3) is 0 Å². The van der Waals surface area contributed by atoms with Gasteiger partial charge in [0.1, 0.15) is 12.4 Å². The molecule has 0 saturated heterocycles. The molecule has 0 aliphatic rings. The zero-order valence-electron chi connectivity index (χ0n) is 10.8. The quantitative estimate of drug-likeness (QED) is 0.769. The van der Waals surface area contributed by atoms with E-state index in [4.69, 9.17) is 9.47 Å². The monoisotopic (exact) mass is 256 g/mol. The van der Waals surface area contributed by atoms with Crippen LogP contribution in [0.4, 0.5) is 0 Å². The highest BCUT2D eigenvalue weighted by atomic mass is 16.5. The van der Waals surface area contributed by atoms with Crippen molar-refractivity contribution in [3.8, 4) is 5.75 Å². The van der Waals surface area contributed by atoms with Crippen molar-refractivity contribution in [1.82, 2.24) is 0 Å². The standard InChI is InChI=1S/C16H16O3/c1-2-18-16(17)14-10-8-13(9-11-14)12-19-15-6-4-3-5-7-15/h3-11H,2,12H2,1H3. The molecule has 0 spiro atoms. The third-order valence-electron chi connectivity index (χ3n) is 2.61. The van der Waals surface area contributed by atoms with Crippen molar-refractivity contribution in [2.24, 2.45) is 0 Å². The fourth-order valence-corrected chi connectivity index (χ4v) is 1.63. The van der Waals surface area contributed by atoms with Gasteiger partial charge in [0.15, 0.2) is 0 Å². The molecule has 3 nitrogen and oxygen atoms in total. The Balaban J connectivity index is 1.94. The first kappa shape index (κ1) is 13.1. The fourth-order valence-electron chi connectivity index (χ4n) is 1.63. The lowest BCUT2D eigenvalue weighted by Gasteiger charge is -2.07. The number of ether oxygens (including phenoxy) is 2. The molecular formula is C16H16O3. The minimum atomic E-state index is -0.293. The van der Waals surface area contributed by atoms with Crippen LogP contribution in [0, 0.1) is 0 Å². The van der Waals surface area contributed by atoms with Gasteiger partial charge in [0.25, 0.3) is 0 Å². The van der Waals surface area contributed by atoms with Crippen LogP contribution in [0.3, 0.4) is 0 Å². The number of carbonyl (C=O) groups is 1. The lowest BCUT2D eigenvalue weighted by molar-refractivity contribution is 0.0526. The van der Waals surface area contributed by atoms with Crippen LogP contribution < -0.4 is 4.74 Å². The van der Waals surface area contributed by atoms with E-state index in [-0.39, 0.29) is 5.97 Å². The number of benzene rings is 2. The Labute approximate surface area is 112 Å². The summed E-state index contributed by atoms with van der Waals surface area (Å²) in [6, 6.07) is 16.9. The number of carbonyl (C=O) groups excluding carboxylic acids is 1. The van der Waals surface area contributed by atoms with Gasteiger partial charge in [-0.25, -0.2) is 4.79 Å². The molecule has 3 heteroatoms. The van der Waals surface area contributed by atoms with Crippen molar-refractivity contribution in [3.05, 3.63) is 65.7 Å². The summed E-state index contributed by atoms with van der Waals surface area (Å²) in [7, 11) is 0. The summed E-state index contributed by atoms with van der Waals surface area (Å²) in [5, 5.41) is 0. The molecule has 2 rings (SSSR count). The molecule has 2 aromatic carbocycles. The Morgan fingerprint density at radius 3 is 2.32 bits per heavy atom. The van der Waals surface area contributed by atoms with E-state index in [0.29, 0.717) is 18.8 Å². The molecule has 0 atom stereocenters. The summed E-state index contributed by atoms with van der Waals surface area (Å²) >= 11 is 0. The van der Waals surface area contributed by atoms with Crippen LogP contribution in [0.1, 0.15) is 22.8 Å². The van der Waals surface area contributed by atoms with Crippen molar-refractivity contribution >= 4 is 5.97 Å². The SMILES string of the molecule is CCOC(=O)c1ccc(COc2ccccc2)cc1. The van der Waals surface area contributed by atoms with Crippen LogP contribution in [-0.2, 0) is 11.3 Å². The van der Waals surface area contributed by atoms with Crippen molar-refractivity contribution in [3.63, 3.8) is 0 Å². The topological polar surface area (TPSA) is 35.5 Å². The van der Waals surface area contributed by atoms with Gasteiger partial charge in [0.05, 0.1) is 12.2 Å². The van der Waals surface area contributed by atoms with Crippen LogP contribution in [-0.4, -0.2) is 12.6 Å². The third-order valence-corrected chi connectivity index (χ3v) is 2.61. The molecule has 0 radical (unpaired) electrons. The molecule has 0 saturated carbocycles. The Hall–Kier alpha value is -2.29. The highest BCUT2D eigenvalue weighted by Gasteiger charge is 2.05. The average molecular weight is 256 g/mol. The lowest BCUT2D eigenvalue weighted by Crippen LogP contribution is -2.04. The van der Waals surface area contributed by atoms with Crippen LogP contribution in [0.2, 0.25) is 0 Å². The molecule has 0 aliphatic carbocycles. The van der Waals surface area contributed by atoms with E-state index >= 15 is 0 Å². The van der Waals surface area contributed by atoms with Gasteiger partial charge < -0.3 is 9.47 Å². The van der Waals surface area contributed by atoms with Crippen LogP contribution >= 0.6 is 0 Å². The minimum Gasteiger partial charge on any atom is -0.489 e. The summed E-state index contributed by atoms with van der Waals surface area (Å²) in [6.45, 7) is 2.66. The van der Waals surface area contributed by atoms with E-state index in [1.54, 1.807) is 19.1 Å². The first-order valence-corrected chi connectivity index (χ1v) is 6.23. The van der Waals surface area contributed by atoms with E-state index in [2.05, 4.69) is 0 Å². The number of hydrogen-bond donors (Lipinski definition) is 0. The van der Waals surface area contributed by atoms with Crippen LogP contribution in [0.5, 0.6) is 5.75 Å². The van der Waals surface area contributed by atoms with Gasteiger partial charge in [-0.15, -0.1) is 0 Å². The number of rotatable bonds is 5. The zero-order valence-corrected chi connectivity index (χ0v) is 10.8. The van der Waals surface area contributed by atoms with Crippen molar-refractivity contribution in [1.29, 1.82) is 0 Å². The summed E-state index contributed by atoms with van der Waals surface area (Å²) < 4.78 is 10.6. The lowest BCUT2D eigenvalue weighted by atomic mass is 10.1. The molecule has 0 aromatic heterocycles. The second-order valence-corrected chi connectivity index (χ2v) is 4.02. The van der Waals surface area contributed by atoms with E-state index in [1.165, 1.54) is 0 Å². The Bertz CT molecular complexity index is 517. The van der Waals surface area contributed by atoms with Gasteiger partial charge in [-0.05, 0) is 36.8 Å². The normalized spacial score (nSPS) is 9.95. The maximum Gasteiger partial charge on any atom is 0.338 e.